The number of thiocarbonyl (C=S) groups is 1. The highest BCUT2D eigenvalue weighted by Gasteiger charge is 2.39. The molecule has 1 aliphatic rings. The highest BCUT2D eigenvalue weighted by molar-refractivity contribution is 8.26. The first-order valence-corrected chi connectivity index (χ1v) is 7.79. The van der Waals surface area contributed by atoms with Crippen molar-refractivity contribution in [2.24, 2.45) is 7.05 Å². The summed E-state index contributed by atoms with van der Waals surface area (Å²) >= 11 is 6.34. The first-order valence-electron chi connectivity index (χ1n) is 6.57. The van der Waals surface area contributed by atoms with Gasteiger partial charge >= 0.3 is 5.97 Å². The van der Waals surface area contributed by atoms with Gasteiger partial charge in [0.15, 0.2) is 0 Å². The molecule has 0 saturated carbocycles. The lowest BCUT2D eigenvalue weighted by Crippen LogP contribution is -2.43. The molecule has 21 heavy (non-hydrogen) atoms. The van der Waals surface area contributed by atoms with E-state index in [1.807, 2.05) is 36.9 Å². The Morgan fingerprint density at radius 1 is 1.57 bits per heavy atom. The Balaban J connectivity index is 2.30. The van der Waals surface area contributed by atoms with Gasteiger partial charge in [0.1, 0.15) is 10.4 Å². The number of hydrogen-bond acceptors (Lipinski definition) is 4. The highest BCUT2D eigenvalue weighted by atomic mass is 32.2. The maximum atomic E-state index is 12.5. The van der Waals surface area contributed by atoms with Crippen LogP contribution in [0.4, 0.5) is 0 Å². The van der Waals surface area contributed by atoms with Gasteiger partial charge in [-0.2, -0.15) is 0 Å². The van der Waals surface area contributed by atoms with Crippen molar-refractivity contribution >= 4 is 46.3 Å². The zero-order valence-electron chi connectivity index (χ0n) is 11.8. The third-order valence-electron chi connectivity index (χ3n) is 3.25. The van der Waals surface area contributed by atoms with Crippen molar-refractivity contribution in [3.05, 3.63) is 28.9 Å². The molecule has 0 radical (unpaired) electrons. The Bertz CT molecular complexity index is 621. The molecule has 5 nitrogen and oxygen atoms in total. The summed E-state index contributed by atoms with van der Waals surface area (Å²) in [6, 6.07) is 2.87. The van der Waals surface area contributed by atoms with Crippen LogP contribution in [0, 0.1) is 0 Å². The number of aryl methyl sites for hydroxylation is 1. The SMILES string of the molecule is CCC[C@@H](C(=O)O)N1C(=O)C(=Cc2cccn2C)SC1=S. The number of carbonyl (C=O) groups excluding carboxylic acids is 1. The lowest BCUT2D eigenvalue weighted by atomic mass is 10.1. The minimum absolute atomic E-state index is 0.307. The first kappa shape index (κ1) is 15.8. The molecule has 0 unspecified atom stereocenters. The van der Waals surface area contributed by atoms with E-state index in [4.69, 9.17) is 12.2 Å². The van der Waals surface area contributed by atoms with E-state index in [1.54, 1.807) is 6.08 Å². The Labute approximate surface area is 132 Å². The summed E-state index contributed by atoms with van der Waals surface area (Å²) in [5.74, 6) is -1.35. The van der Waals surface area contributed by atoms with Crippen molar-refractivity contribution in [2.75, 3.05) is 0 Å². The molecular formula is C14H16N2O3S2. The number of thioether (sulfide) groups is 1. The minimum Gasteiger partial charge on any atom is -0.480 e. The topological polar surface area (TPSA) is 62.5 Å². The average Bonchev–Trinajstić information content (AvgIpc) is 2.93. The molecule has 1 N–H and O–H groups in total. The zero-order chi connectivity index (χ0) is 15.6. The van der Waals surface area contributed by atoms with E-state index in [9.17, 15) is 14.7 Å². The van der Waals surface area contributed by atoms with Gasteiger partial charge in [-0.05, 0) is 24.6 Å². The van der Waals surface area contributed by atoms with Crippen LogP contribution in [0.15, 0.2) is 23.2 Å². The molecule has 7 heteroatoms. The van der Waals surface area contributed by atoms with Crippen molar-refractivity contribution in [1.82, 2.24) is 9.47 Å². The van der Waals surface area contributed by atoms with E-state index in [2.05, 4.69) is 0 Å². The number of carboxylic acid groups (broad SMARTS) is 1. The Morgan fingerprint density at radius 2 is 2.29 bits per heavy atom. The number of carboxylic acids is 1. The van der Waals surface area contributed by atoms with Crippen molar-refractivity contribution in [3.8, 4) is 0 Å². The fraction of sp³-hybridized carbons (Fsp3) is 0.357. The first-order chi connectivity index (χ1) is 9.95. The number of rotatable bonds is 5. The lowest BCUT2D eigenvalue weighted by molar-refractivity contribution is -0.145. The zero-order valence-corrected chi connectivity index (χ0v) is 13.4. The fourth-order valence-electron chi connectivity index (χ4n) is 2.14. The normalized spacial score (nSPS) is 18.6. The second-order valence-corrected chi connectivity index (χ2v) is 6.41. The Morgan fingerprint density at radius 3 is 2.81 bits per heavy atom. The van der Waals surface area contributed by atoms with Gasteiger partial charge < -0.3 is 9.67 Å². The number of hydrogen-bond donors (Lipinski definition) is 1. The molecule has 1 saturated heterocycles. The van der Waals surface area contributed by atoms with Gasteiger partial charge in [-0.15, -0.1) is 0 Å². The molecule has 2 heterocycles. The quantitative estimate of drug-likeness (QED) is 0.666. The van der Waals surface area contributed by atoms with E-state index in [-0.39, 0.29) is 5.91 Å². The minimum atomic E-state index is -1.02. The van der Waals surface area contributed by atoms with Gasteiger partial charge in [0, 0.05) is 18.9 Å². The smallest absolute Gasteiger partial charge is 0.326 e. The molecule has 1 aromatic heterocycles. The van der Waals surface area contributed by atoms with Crippen LogP contribution >= 0.6 is 24.0 Å². The maximum absolute atomic E-state index is 12.5. The summed E-state index contributed by atoms with van der Waals surface area (Å²) in [6.07, 6.45) is 4.68. The molecule has 0 spiro atoms. The largest absolute Gasteiger partial charge is 0.480 e. The van der Waals surface area contributed by atoms with E-state index < -0.39 is 12.0 Å². The van der Waals surface area contributed by atoms with Gasteiger partial charge in [0.25, 0.3) is 5.91 Å². The monoisotopic (exact) mass is 324 g/mol. The lowest BCUT2D eigenvalue weighted by Gasteiger charge is -2.22. The summed E-state index contributed by atoms with van der Waals surface area (Å²) in [5.41, 5.74) is 0.873. The third-order valence-corrected chi connectivity index (χ3v) is 4.58. The third kappa shape index (κ3) is 3.19. The number of carbonyl (C=O) groups is 2. The molecule has 112 valence electrons. The second-order valence-electron chi connectivity index (χ2n) is 4.74. The van der Waals surface area contributed by atoms with Crippen molar-refractivity contribution in [3.63, 3.8) is 0 Å². The van der Waals surface area contributed by atoms with E-state index >= 15 is 0 Å². The van der Waals surface area contributed by atoms with Crippen LogP contribution in [0.3, 0.4) is 0 Å². The maximum Gasteiger partial charge on any atom is 0.326 e. The van der Waals surface area contributed by atoms with Crippen LogP contribution in [0.25, 0.3) is 6.08 Å². The highest BCUT2D eigenvalue weighted by Crippen LogP contribution is 2.34. The molecule has 1 aliphatic heterocycles. The number of nitrogens with zero attached hydrogens (tertiary/aromatic N) is 2. The fourth-order valence-corrected chi connectivity index (χ4v) is 3.48. The van der Waals surface area contributed by atoms with Gasteiger partial charge in [-0.25, -0.2) is 4.79 Å². The van der Waals surface area contributed by atoms with Crippen LogP contribution in [0.1, 0.15) is 25.5 Å². The van der Waals surface area contributed by atoms with Crippen molar-refractivity contribution in [2.45, 2.75) is 25.8 Å². The van der Waals surface area contributed by atoms with Crippen LogP contribution in [0.2, 0.25) is 0 Å². The molecule has 0 aliphatic carbocycles. The van der Waals surface area contributed by atoms with Crippen LogP contribution in [0.5, 0.6) is 0 Å². The summed E-state index contributed by atoms with van der Waals surface area (Å²) < 4.78 is 2.19. The van der Waals surface area contributed by atoms with Crippen LogP contribution < -0.4 is 0 Å². The predicted octanol–water partition coefficient (Wildman–Crippen LogP) is 2.48. The summed E-state index contributed by atoms with van der Waals surface area (Å²) in [4.78, 5) is 25.5. The molecule has 0 aromatic carbocycles. The molecular weight excluding hydrogens is 308 g/mol. The van der Waals surface area contributed by atoms with Crippen molar-refractivity contribution < 1.29 is 14.7 Å². The Hall–Kier alpha value is -1.60. The predicted molar refractivity (Wildman–Crippen MR) is 86.8 cm³/mol. The van der Waals surface area contributed by atoms with E-state index in [1.165, 1.54) is 4.90 Å². The molecule has 1 aromatic rings. The summed E-state index contributed by atoms with van der Waals surface area (Å²) in [7, 11) is 1.88. The van der Waals surface area contributed by atoms with E-state index in [0.717, 1.165) is 17.5 Å². The molecule has 1 fully saturated rings. The van der Waals surface area contributed by atoms with Gasteiger partial charge in [-0.1, -0.05) is 37.3 Å². The average molecular weight is 324 g/mol. The van der Waals surface area contributed by atoms with Gasteiger partial charge in [0.05, 0.1) is 4.91 Å². The standard InChI is InChI=1S/C14H16N2O3S2/c1-3-5-10(13(18)19)16-12(17)11(21-14(16)20)8-9-6-4-7-15(9)2/h4,6-8,10H,3,5H2,1-2H3,(H,18,19)/t10-/m0/s1. The van der Waals surface area contributed by atoms with E-state index in [0.29, 0.717) is 22.1 Å². The molecule has 1 atom stereocenters. The number of amides is 1. The van der Waals surface area contributed by atoms with Gasteiger partial charge in [-0.3, -0.25) is 9.69 Å². The number of aromatic nitrogens is 1. The second kappa shape index (κ2) is 6.44. The molecule has 1 amide bonds. The summed E-state index contributed by atoms with van der Waals surface area (Å²) in [5, 5.41) is 9.30. The van der Waals surface area contributed by atoms with Crippen LogP contribution in [-0.4, -0.2) is 36.8 Å². The van der Waals surface area contributed by atoms with Gasteiger partial charge in [0.2, 0.25) is 0 Å². The Kier molecular flexibility index (Phi) is 4.84. The number of aliphatic carboxylic acids is 1. The summed E-state index contributed by atoms with van der Waals surface area (Å²) in [6.45, 7) is 1.88. The van der Waals surface area contributed by atoms with Crippen LogP contribution in [-0.2, 0) is 16.6 Å². The van der Waals surface area contributed by atoms with Crippen molar-refractivity contribution in [1.29, 1.82) is 0 Å². The molecule has 0 bridgehead atoms. The molecule has 2 rings (SSSR count).